The number of hydrogen-bond donors (Lipinski definition) is 0. The summed E-state index contributed by atoms with van der Waals surface area (Å²) in [6.45, 7) is 11.0. The Balaban J connectivity index is 1.43. The predicted octanol–water partition coefficient (Wildman–Crippen LogP) is 2.56. The van der Waals surface area contributed by atoms with E-state index in [1.807, 2.05) is 12.3 Å². The van der Waals surface area contributed by atoms with Crippen molar-refractivity contribution in [3.63, 3.8) is 0 Å². The standard InChI is InChI=1S/C24H32N4O3/c1-20-3-2-4-21(15-20)18-25-19-22-16-23(28-8-12-30-13-9-28)17-24(26-22)31-14-7-27-5-10-29-11-6-27/h2-4,15-17,19H,5-14,18H2,1H3. The zero-order valence-corrected chi connectivity index (χ0v) is 18.3. The minimum absolute atomic E-state index is 0.611. The van der Waals surface area contributed by atoms with Crippen molar-refractivity contribution in [1.29, 1.82) is 0 Å². The Kier molecular flexibility index (Phi) is 7.87. The molecule has 7 heteroatoms. The van der Waals surface area contributed by atoms with E-state index < -0.39 is 0 Å². The minimum Gasteiger partial charge on any atom is -0.476 e. The Morgan fingerprint density at radius 2 is 1.81 bits per heavy atom. The van der Waals surface area contributed by atoms with E-state index in [1.54, 1.807) is 0 Å². The van der Waals surface area contributed by atoms with Crippen molar-refractivity contribution < 1.29 is 14.2 Å². The van der Waals surface area contributed by atoms with E-state index in [0.29, 0.717) is 19.0 Å². The summed E-state index contributed by atoms with van der Waals surface area (Å²) in [5.41, 5.74) is 4.37. The fourth-order valence-corrected chi connectivity index (χ4v) is 3.81. The third kappa shape index (κ3) is 6.75. The second kappa shape index (κ2) is 11.2. The van der Waals surface area contributed by atoms with Crippen LogP contribution in [0.2, 0.25) is 0 Å². The molecule has 31 heavy (non-hydrogen) atoms. The fraction of sp³-hybridized carbons (Fsp3) is 0.500. The highest BCUT2D eigenvalue weighted by atomic mass is 16.5. The van der Waals surface area contributed by atoms with Crippen LogP contribution in [0.4, 0.5) is 5.69 Å². The average molecular weight is 425 g/mol. The van der Waals surface area contributed by atoms with Crippen LogP contribution in [0.5, 0.6) is 5.88 Å². The van der Waals surface area contributed by atoms with E-state index in [4.69, 9.17) is 14.2 Å². The summed E-state index contributed by atoms with van der Waals surface area (Å²) in [5.74, 6) is 0.647. The summed E-state index contributed by atoms with van der Waals surface area (Å²) in [7, 11) is 0. The summed E-state index contributed by atoms with van der Waals surface area (Å²) in [5, 5.41) is 0. The van der Waals surface area contributed by atoms with Gasteiger partial charge in [-0.15, -0.1) is 0 Å². The molecule has 166 valence electrons. The number of aromatic nitrogens is 1. The molecule has 0 atom stereocenters. The molecule has 0 unspecified atom stereocenters. The number of ether oxygens (including phenoxy) is 3. The number of pyridine rings is 1. The minimum atomic E-state index is 0.611. The molecule has 4 rings (SSSR count). The van der Waals surface area contributed by atoms with Crippen molar-refractivity contribution in [3.8, 4) is 5.88 Å². The number of aryl methyl sites for hydroxylation is 1. The average Bonchev–Trinajstić information content (AvgIpc) is 2.80. The second-order valence-electron chi connectivity index (χ2n) is 7.95. The number of aliphatic imine (C=N–C) groups is 1. The molecular weight excluding hydrogens is 392 g/mol. The Morgan fingerprint density at radius 3 is 2.58 bits per heavy atom. The van der Waals surface area contributed by atoms with Gasteiger partial charge in [0.25, 0.3) is 0 Å². The first-order valence-electron chi connectivity index (χ1n) is 11.1. The Hall–Kier alpha value is -2.48. The smallest absolute Gasteiger partial charge is 0.215 e. The van der Waals surface area contributed by atoms with Crippen LogP contribution in [-0.2, 0) is 16.0 Å². The van der Waals surface area contributed by atoms with Gasteiger partial charge in [-0.3, -0.25) is 9.89 Å². The maximum absolute atomic E-state index is 6.05. The van der Waals surface area contributed by atoms with E-state index >= 15 is 0 Å². The molecule has 0 radical (unpaired) electrons. The largest absolute Gasteiger partial charge is 0.476 e. The summed E-state index contributed by atoms with van der Waals surface area (Å²) in [4.78, 5) is 14.0. The number of nitrogens with zero attached hydrogens (tertiary/aromatic N) is 4. The van der Waals surface area contributed by atoms with Crippen molar-refractivity contribution in [3.05, 3.63) is 53.2 Å². The summed E-state index contributed by atoms with van der Waals surface area (Å²) < 4.78 is 17.0. The molecule has 2 fully saturated rings. The van der Waals surface area contributed by atoms with Gasteiger partial charge in [-0.1, -0.05) is 29.8 Å². The number of hydrogen-bond acceptors (Lipinski definition) is 7. The Bertz CT molecular complexity index is 862. The topological polar surface area (TPSA) is 59.4 Å². The monoisotopic (exact) mass is 424 g/mol. The lowest BCUT2D eigenvalue weighted by molar-refractivity contribution is 0.0320. The highest BCUT2D eigenvalue weighted by Crippen LogP contribution is 2.22. The van der Waals surface area contributed by atoms with Crippen molar-refractivity contribution >= 4 is 11.9 Å². The van der Waals surface area contributed by atoms with Gasteiger partial charge in [0.1, 0.15) is 6.61 Å². The predicted molar refractivity (Wildman–Crippen MR) is 123 cm³/mol. The molecule has 1 aromatic carbocycles. The molecule has 2 aromatic rings. The number of morpholine rings is 2. The summed E-state index contributed by atoms with van der Waals surface area (Å²) >= 11 is 0. The van der Waals surface area contributed by atoms with Gasteiger partial charge < -0.3 is 19.1 Å². The maximum Gasteiger partial charge on any atom is 0.215 e. The van der Waals surface area contributed by atoms with Crippen molar-refractivity contribution in [2.75, 3.05) is 70.7 Å². The van der Waals surface area contributed by atoms with E-state index in [2.05, 4.69) is 57.0 Å². The van der Waals surface area contributed by atoms with E-state index in [1.165, 1.54) is 11.1 Å². The molecule has 1 aromatic heterocycles. The normalized spacial score (nSPS) is 17.9. The van der Waals surface area contributed by atoms with Crippen LogP contribution in [0.3, 0.4) is 0 Å². The third-order valence-corrected chi connectivity index (χ3v) is 5.52. The summed E-state index contributed by atoms with van der Waals surface area (Å²) in [6.07, 6.45) is 1.85. The van der Waals surface area contributed by atoms with Gasteiger partial charge in [0, 0.05) is 50.7 Å². The highest BCUT2D eigenvalue weighted by Gasteiger charge is 2.15. The van der Waals surface area contributed by atoms with E-state index in [-0.39, 0.29) is 0 Å². The molecule has 0 N–H and O–H groups in total. The lowest BCUT2D eigenvalue weighted by atomic mass is 10.1. The molecule has 0 aliphatic carbocycles. The SMILES string of the molecule is Cc1cccc(CN=Cc2cc(N3CCOCC3)cc(OCCN3CCOCC3)n2)c1. The molecule has 7 nitrogen and oxygen atoms in total. The first kappa shape index (κ1) is 21.7. The molecule has 2 aliphatic heterocycles. The maximum atomic E-state index is 6.05. The third-order valence-electron chi connectivity index (χ3n) is 5.52. The van der Waals surface area contributed by atoms with Crippen LogP contribution in [-0.4, -0.2) is 81.9 Å². The van der Waals surface area contributed by atoms with Crippen LogP contribution in [0, 0.1) is 6.92 Å². The lowest BCUT2D eigenvalue weighted by Gasteiger charge is -2.29. The fourth-order valence-electron chi connectivity index (χ4n) is 3.81. The molecule has 0 saturated carbocycles. The highest BCUT2D eigenvalue weighted by molar-refractivity contribution is 5.79. The molecule has 0 amide bonds. The van der Waals surface area contributed by atoms with Gasteiger partial charge in [0.2, 0.25) is 5.88 Å². The van der Waals surface area contributed by atoms with Gasteiger partial charge in [-0.25, -0.2) is 4.98 Å². The van der Waals surface area contributed by atoms with Crippen LogP contribution in [0.1, 0.15) is 16.8 Å². The van der Waals surface area contributed by atoms with Crippen molar-refractivity contribution in [2.45, 2.75) is 13.5 Å². The Labute approximate surface area is 184 Å². The molecular formula is C24H32N4O3. The number of benzene rings is 1. The van der Waals surface area contributed by atoms with Crippen molar-refractivity contribution in [2.24, 2.45) is 4.99 Å². The molecule has 2 saturated heterocycles. The molecule has 0 spiro atoms. The lowest BCUT2D eigenvalue weighted by Crippen LogP contribution is -2.38. The van der Waals surface area contributed by atoms with Gasteiger partial charge in [-0.05, 0) is 18.6 Å². The first-order chi connectivity index (χ1) is 15.3. The summed E-state index contributed by atoms with van der Waals surface area (Å²) in [6, 6.07) is 12.5. The van der Waals surface area contributed by atoms with Gasteiger partial charge in [0.15, 0.2) is 0 Å². The van der Waals surface area contributed by atoms with Gasteiger partial charge in [-0.2, -0.15) is 0 Å². The van der Waals surface area contributed by atoms with Crippen molar-refractivity contribution in [1.82, 2.24) is 9.88 Å². The first-order valence-corrected chi connectivity index (χ1v) is 11.1. The molecule has 2 aliphatic rings. The van der Waals surface area contributed by atoms with Gasteiger partial charge >= 0.3 is 0 Å². The van der Waals surface area contributed by atoms with E-state index in [9.17, 15) is 0 Å². The van der Waals surface area contributed by atoms with Crippen LogP contribution in [0.25, 0.3) is 0 Å². The molecule has 0 bridgehead atoms. The van der Waals surface area contributed by atoms with E-state index in [0.717, 1.165) is 70.5 Å². The molecule has 3 heterocycles. The number of anilines is 1. The number of rotatable bonds is 8. The van der Waals surface area contributed by atoms with Gasteiger partial charge in [0.05, 0.1) is 38.7 Å². The van der Waals surface area contributed by atoms with Crippen LogP contribution in [0.15, 0.2) is 41.4 Å². The quantitative estimate of drug-likeness (QED) is 0.607. The van der Waals surface area contributed by atoms with Crippen LogP contribution >= 0.6 is 0 Å². The zero-order chi connectivity index (χ0) is 21.3. The Morgan fingerprint density at radius 1 is 1.03 bits per heavy atom. The second-order valence-corrected chi connectivity index (χ2v) is 7.95. The zero-order valence-electron chi connectivity index (χ0n) is 18.3. The van der Waals surface area contributed by atoms with Crippen LogP contribution < -0.4 is 9.64 Å².